The van der Waals surface area contributed by atoms with Gasteiger partial charge in [0.1, 0.15) is 0 Å². The minimum absolute atomic E-state index is 1.27. The van der Waals surface area contributed by atoms with Gasteiger partial charge in [-0.3, -0.25) is 5.32 Å². The maximum absolute atomic E-state index is 9.97. The van der Waals surface area contributed by atoms with Crippen LogP contribution in [0.25, 0.3) is 0 Å². The molecular weight excluding hydrogens is 145 g/mol. The normalized spacial score (nSPS) is 12.6. The molecule has 6 heteroatoms. The first-order chi connectivity index (χ1) is 4.09. The van der Waals surface area contributed by atoms with Crippen molar-refractivity contribution in [3.8, 4) is 0 Å². The Morgan fingerprint density at radius 3 is 2.11 bits per heavy atom. The van der Waals surface area contributed by atoms with Crippen molar-refractivity contribution in [3.05, 3.63) is 0 Å². The average Bonchev–Trinajstić information content (AvgIpc) is 1.64. The van der Waals surface area contributed by atoms with Crippen LogP contribution in [0.2, 0.25) is 0 Å². The molecule has 0 aromatic carbocycles. The number of rotatable bonds is 3. The summed E-state index contributed by atoms with van der Waals surface area (Å²) >= 11 is 0. The summed E-state index contributed by atoms with van der Waals surface area (Å²) in [4.78, 5) is 9.93. The monoisotopic (exact) mass is 151 g/mol. The van der Waals surface area contributed by atoms with E-state index in [1.165, 1.54) is 7.05 Å². The summed E-state index contributed by atoms with van der Waals surface area (Å²) in [5, 5.41) is 10.2. The number of hydrogen-bond donors (Lipinski definition) is 2. The zero-order chi connectivity index (χ0) is 7.44. The lowest BCUT2D eigenvalue weighted by atomic mass is 10.7. The minimum Gasteiger partial charge on any atom is -0.479 e. The molecule has 0 aliphatic rings. The van der Waals surface area contributed by atoms with Crippen molar-refractivity contribution in [2.45, 2.75) is 5.78 Å². The highest BCUT2D eigenvalue weighted by Gasteiger charge is 2.19. The quantitative estimate of drug-likeness (QED) is 0.545. The van der Waals surface area contributed by atoms with E-state index in [2.05, 4.69) is 5.32 Å². The van der Waals surface area contributed by atoms with Crippen LogP contribution in [0, 0.1) is 0 Å². The van der Waals surface area contributed by atoms with Crippen molar-refractivity contribution < 1.29 is 19.0 Å². The van der Waals surface area contributed by atoms with Gasteiger partial charge in [0.15, 0.2) is 0 Å². The number of carbonyl (C=O) groups is 1. The Balaban J connectivity index is 4.16. The predicted molar refractivity (Wildman–Crippen MR) is 28.8 cm³/mol. The molecule has 0 bridgehead atoms. The summed E-state index contributed by atoms with van der Waals surface area (Å²) in [6.07, 6.45) is 0. The van der Waals surface area contributed by atoms with Gasteiger partial charge in [-0.05, 0) is 7.05 Å². The van der Waals surface area contributed by atoms with Gasteiger partial charge in [0.05, 0.1) is 0 Å². The van der Waals surface area contributed by atoms with Crippen LogP contribution >= 0.6 is 7.68 Å². The fourth-order valence-electron chi connectivity index (χ4n) is 0.319. The highest BCUT2D eigenvalue weighted by Crippen LogP contribution is 2.09. The van der Waals surface area contributed by atoms with E-state index in [0.29, 0.717) is 0 Å². The average molecular weight is 151 g/mol. The molecule has 5 nitrogen and oxygen atoms in total. The molecule has 0 aromatic heterocycles. The summed E-state index contributed by atoms with van der Waals surface area (Å²) < 4.78 is 19.9. The molecule has 2 N–H and O–H groups in total. The van der Waals surface area contributed by atoms with Crippen LogP contribution in [0.4, 0.5) is 0 Å². The van der Waals surface area contributed by atoms with E-state index in [4.69, 9.17) is 5.11 Å². The molecule has 9 heavy (non-hydrogen) atoms. The van der Waals surface area contributed by atoms with E-state index < -0.39 is 19.4 Å². The van der Waals surface area contributed by atoms with Gasteiger partial charge in [-0.25, -0.2) is 13.9 Å². The molecular formula is C3H6NO4P. The highest BCUT2D eigenvalue weighted by molar-refractivity contribution is 7.33. The summed E-state index contributed by atoms with van der Waals surface area (Å²) in [7, 11) is -1.65. The minimum atomic E-state index is -2.91. The second kappa shape index (κ2) is 3.37. The van der Waals surface area contributed by atoms with Crippen molar-refractivity contribution >= 4 is 13.6 Å². The lowest BCUT2D eigenvalue weighted by Gasteiger charge is -1.97. The number of hydrogen-bond acceptors (Lipinski definition) is 4. The van der Waals surface area contributed by atoms with Crippen LogP contribution < -0.4 is 5.32 Å². The van der Waals surface area contributed by atoms with Crippen molar-refractivity contribution in [2.75, 3.05) is 7.05 Å². The van der Waals surface area contributed by atoms with Crippen LogP contribution in [0.1, 0.15) is 0 Å². The molecule has 1 unspecified atom stereocenters. The fraction of sp³-hybridized carbons (Fsp3) is 0.667. The molecule has 0 aliphatic carbocycles. The third-order valence-corrected chi connectivity index (χ3v) is 1.62. The molecule has 0 amide bonds. The van der Waals surface area contributed by atoms with Gasteiger partial charge in [0.2, 0.25) is 5.78 Å². The largest absolute Gasteiger partial charge is 0.479 e. The predicted octanol–water partition coefficient (Wildman–Crippen LogP) is -0.211. The maximum atomic E-state index is 9.97. The van der Waals surface area contributed by atoms with E-state index in [0.717, 1.165) is 0 Å². The van der Waals surface area contributed by atoms with Crippen LogP contribution in [-0.2, 0) is 13.9 Å². The van der Waals surface area contributed by atoms with E-state index in [9.17, 15) is 13.9 Å². The molecule has 0 heterocycles. The van der Waals surface area contributed by atoms with Crippen molar-refractivity contribution in [2.24, 2.45) is 0 Å². The maximum Gasteiger partial charge on any atom is 0.344 e. The lowest BCUT2D eigenvalue weighted by Crippen LogP contribution is -2.28. The molecule has 0 fully saturated rings. The van der Waals surface area contributed by atoms with Gasteiger partial charge < -0.3 is 5.11 Å². The topological polar surface area (TPSA) is 83.5 Å². The Morgan fingerprint density at radius 2 is 2.11 bits per heavy atom. The Bertz CT molecular complexity index is 167. The van der Waals surface area contributed by atoms with Gasteiger partial charge in [-0.15, -0.1) is 0 Å². The number of carboxylic acids is 1. The molecule has 1 atom stereocenters. The molecule has 0 rings (SSSR count). The van der Waals surface area contributed by atoms with Gasteiger partial charge in [0.25, 0.3) is 0 Å². The third-order valence-electron chi connectivity index (χ3n) is 0.718. The zero-order valence-corrected chi connectivity index (χ0v) is 5.59. The molecule has 0 saturated heterocycles. The molecule has 0 aliphatic heterocycles. The number of likely N-dealkylation sites (N-methyl/N-ethyl adjacent to an activating group) is 1. The van der Waals surface area contributed by atoms with E-state index in [-0.39, 0.29) is 0 Å². The zero-order valence-electron chi connectivity index (χ0n) is 4.70. The number of nitrogens with one attached hydrogen (secondary N) is 1. The summed E-state index contributed by atoms with van der Waals surface area (Å²) in [5.74, 6) is -2.84. The summed E-state index contributed by atoms with van der Waals surface area (Å²) in [5.41, 5.74) is 0. The first kappa shape index (κ1) is 8.33. The first-order valence-electron chi connectivity index (χ1n) is 2.13. The first-order valence-corrected chi connectivity index (χ1v) is 3.38. The Hall–Kier alpha value is -0.670. The highest BCUT2D eigenvalue weighted by atomic mass is 31.1. The van der Waals surface area contributed by atoms with Crippen molar-refractivity contribution in [1.82, 2.24) is 5.32 Å². The Kier molecular flexibility index (Phi) is 3.12. The summed E-state index contributed by atoms with van der Waals surface area (Å²) in [6.45, 7) is 0. The van der Waals surface area contributed by atoms with Crippen LogP contribution in [0.3, 0.4) is 0 Å². The van der Waals surface area contributed by atoms with Gasteiger partial charge >= 0.3 is 13.6 Å². The Morgan fingerprint density at radius 1 is 1.67 bits per heavy atom. The lowest BCUT2D eigenvalue weighted by molar-refractivity contribution is -0.137. The second-order valence-electron chi connectivity index (χ2n) is 1.31. The van der Waals surface area contributed by atoms with Gasteiger partial charge in [-0.2, -0.15) is 0 Å². The summed E-state index contributed by atoms with van der Waals surface area (Å²) in [6, 6.07) is 0. The molecule has 52 valence electrons. The molecule has 0 spiro atoms. The second-order valence-corrected chi connectivity index (χ2v) is 2.40. The number of aliphatic carboxylic acids is 1. The standard InChI is InChI=1S/C3H6NO4P/c1-4-2(3(5)6)9(7)8/h2,4H,1H3,(H,5,6). The van der Waals surface area contributed by atoms with Crippen LogP contribution in [0.5, 0.6) is 0 Å². The van der Waals surface area contributed by atoms with Gasteiger partial charge in [0, 0.05) is 0 Å². The van der Waals surface area contributed by atoms with E-state index in [1.807, 2.05) is 0 Å². The SMILES string of the molecule is CNC(C(=O)O)P(=O)=O. The van der Waals surface area contributed by atoms with Crippen LogP contribution in [0.15, 0.2) is 0 Å². The van der Waals surface area contributed by atoms with E-state index >= 15 is 0 Å². The molecule has 0 radical (unpaired) electrons. The fourth-order valence-corrected chi connectivity index (χ4v) is 0.710. The Labute approximate surface area is 51.9 Å². The molecule has 0 saturated carbocycles. The third kappa shape index (κ3) is 2.39. The van der Waals surface area contributed by atoms with Crippen LogP contribution in [-0.4, -0.2) is 23.9 Å². The smallest absolute Gasteiger partial charge is 0.344 e. The van der Waals surface area contributed by atoms with Crippen molar-refractivity contribution in [3.63, 3.8) is 0 Å². The van der Waals surface area contributed by atoms with E-state index in [1.54, 1.807) is 0 Å². The van der Waals surface area contributed by atoms with Gasteiger partial charge in [-0.1, -0.05) is 0 Å². The van der Waals surface area contributed by atoms with Crippen molar-refractivity contribution in [1.29, 1.82) is 0 Å². The molecule has 0 aromatic rings. The number of carboxylic acid groups (broad SMARTS) is 1.